The molecular weight excluding hydrogens is 276 g/mol. The van der Waals surface area contributed by atoms with Crippen LogP contribution >= 0.6 is 0 Å². The van der Waals surface area contributed by atoms with Gasteiger partial charge in [0.2, 0.25) is 5.88 Å². The van der Waals surface area contributed by atoms with Crippen molar-refractivity contribution in [2.75, 3.05) is 13.7 Å². The van der Waals surface area contributed by atoms with Crippen molar-refractivity contribution in [3.63, 3.8) is 0 Å². The summed E-state index contributed by atoms with van der Waals surface area (Å²) in [6, 6.07) is 6.91. The second-order valence-corrected chi connectivity index (χ2v) is 4.56. The van der Waals surface area contributed by atoms with E-state index in [9.17, 15) is 8.78 Å². The normalized spacial score (nSPS) is 12.2. The lowest BCUT2D eigenvalue weighted by Gasteiger charge is -2.18. The summed E-state index contributed by atoms with van der Waals surface area (Å²) in [6.07, 6.45) is 0.907. The number of nitrogens with one attached hydrogen (secondary N) is 1. The molecule has 0 spiro atoms. The second kappa shape index (κ2) is 7.08. The lowest BCUT2D eigenvalue weighted by Crippen LogP contribution is -2.24. The van der Waals surface area contributed by atoms with Crippen LogP contribution in [0.5, 0.6) is 5.88 Å². The maximum atomic E-state index is 13.4. The van der Waals surface area contributed by atoms with E-state index in [0.717, 1.165) is 19.0 Å². The van der Waals surface area contributed by atoms with E-state index in [1.54, 1.807) is 12.1 Å². The van der Waals surface area contributed by atoms with Gasteiger partial charge in [-0.1, -0.05) is 13.0 Å². The van der Waals surface area contributed by atoms with Crippen LogP contribution in [0.4, 0.5) is 8.78 Å². The van der Waals surface area contributed by atoms with E-state index in [4.69, 9.17) is 4.74 Å². The van der Waals surface area contributed by atoms with E-state index in [-0.39, 0.29) is 6.04 Å². The molecule has 1 N–H and O–H groups in total. The maximum Gasteiger partial charge on any atom is 0.233 e. The van der Waals surface area contributed by atoms with Crippen molar-refractivity contribution < 1.29 is 13.5 Å². The van der Waals surface area contributed by atoms with Gasteiger partial charge in [0, 0.05) is 6.07 Å². The highest BCUT2D eigenvalue weighted by Crippen LogP contribution is 2.22. The number of methoxy groups -OCH3 is 1. The summed E-state index contributed by atoms with van der Waals surface area (Å²) in [5.74, 6) is -1.34. The van der Waals surface area contributed by atoms with E-state index in [1.165, 1.54) is 19.2 Å². The number of ether oxygens (including phenoxy) is 1. The number of aromatic nitrogens is 2. The lowest BCUT2D eigenvalue weighted by molar-refractivity contribution is 0.390. The van der Waals surface area contributed by atoms with Gasteiger partial charge in [-0.15, -0.1) is 10.2 Å². The summed E-state index contributed by atoms with van der Waals surface area (Å²) in [5, 5.41) is 11.2. The van der Waals surface area contributed by atoms with Crippen LogP contribution in [0.3, 0.4) is 0 Å². The smallest absolute Gasteiger partial charge is 0.233 e. The van der Waals surface area contributed by atoms with Crippen molar-refractivity contribution >= 4 is 0 Å². The molecule has 4 nitrogen and oxygen atoms in total. The Morgan fingerprint density at radius 1 is 1.14 bits per heavy atom. The fourth-order valence-electron chi connectivity index (χ4n) is 1.97. The Hall–Kier alpha value is -2.08. The van der Waals surface area contributed by atoms with Crippen LogP contribution in [0.15, 0.2) is 30.3 Å². The lowest BCUT2D eigenvalue weighted by atomic mass is 10.0. The first-order chi connectivity index (χ1) is 10.2. The van der Waals surface area contributed by atoms with E-state index >= 15 is 0 Å². The molecule has 0 amide bonds. The van der Waals surface area contributed by atoms with E-state index in [1.807, 2.05) is 6.92 Å². The van der Waals surface area contributed by atoms with Crippen LogP contribution in [0.25, 0.3) is 0 Å². The van der Waals surface area contributed by atoms with Gasteiger partial charge in [-0.2, -0.15) is 0 Å². The van der Waals surface area contributed by atoms with Gasteiger partial charge < -0.3 is 10.1 Å². The zero-order valence-electron chi connectivity index (χ0n) is 11.9. The third-order valence-electron chi connectivity index (χ3n) is 3.04. The number of nitrogens with zero attached hydrogens (tertiary/aromatic N) is 2. The van der Waals surface area contributed by atoms with Crippen molar-refractivity contribution in [3.05, 3.63) is 53.2 Å². The van der Waals surface area contributed by atoms with Crippen molar-refractivity contribution in [1.82, 2.24) is 15.5 Å². The van der Waals surface area contributed by atoms with E-state index in [2.05, 4.69) is 15.5 Å². The van der Waals surface area contributed by atoms with Crippen molar-refractivity contribution in [2.24, 2.45) is 0 Å². The minimum absolute atomic E-state index is 0.349. The van der Waals surface area contributed by atoms with Crippen LogP contribution < -0.4 is 10.1 Å². The van der Waals surface area contributed by atoms with Gasteiger partial charge in [-0.3, -0.25) is 0 Å². The Morgan fingerprint density at radius 3 is 2.52 bits per heavy atom. The summed E-state index contributed by atoms with van der Waals surface area (Å²) in [4.78, 5) is 0. The average molecular weight is 293 g/mol. The van der Waals surface area contributed by atoms with Gasteiger partial charge in [0.15, 0.2) is 11.6 Å². The summed E-state index contributed by atoms with van der Waals surface area (Å²) in [5.41, 5.74) is 1.22. The average Bonchev–Trinajstić information content (AvgIpc) is 2.51. The molecule has 0 aliphatic rings. The van der Waals surface area contributed by atoms with Gasteiger partial charge in [0.25, 0.3) is 0 Å². The van der Waals surface area contributed by atoms with Gasteiger partial charge in [-0.25, -0.2) is 8.78 Å². The molecule has 1 aromatic heterocycles. The van der Waals surface area contributed by atoms with Gasteiger partial charge in [0.1, 0.15) is 0 Å². The number of benzene rings is 1. The zero-order chi connectivity index (χ0) is 15.2. The van der Waals surface area contributed by atoms with E-state index < -0.39 is 11.6 Å². The largest absolute Gasteiger partial charge is 0.480 e. The predicted octanol–water partition coefficient (Wildman–Crippen LogP) is 2.85. The molecule has 112 valence electrons. The van der Waals surface area contributed by atoms with Crippen LogP contribution in [0.2, 0.25) is 0 Å². The molecule has 0 fully saturated rings. The molecule has 1 atom stereocenters. The third kappa shape index (κ3) is 3.72. The molecular formula is C15H17F2N3O. The highest BCUT2D eigenvalue weighted by Gasteiger charge is 2.17. The molecule has 0 aliphatic heterocycles. The summed E-state index contributed by atoms with van der Waals surface area (Å²) < 4.78 is 31.5. The van der Waals surface area contributed by atoms with Crippen molar-refractivity contribution in [3.8, 4) is 5.88 Å². The molecule has 21 heavy (non-hydrogen) atoms. The minimum atomic E-state index is -0.878. The molecule has 0 aliphatic carbocycles. The van der Waals surface area contributed by atoms with Crippen molar-refractivity contribution in [1.29, 1.82) is 0 Å². The predicted molar refractivity (Wildman–Crippen MR) is 75.1 cm³/mol. The molecule has 1 unspecified atom stereocenters. The topological polar surface area (TPSA) is 47.0 Å². The molecule has 2 aromatic rings. The molecule has 1 aromatic carbocycles. The number of rotatable bonds is 6. The molecule has 0 saturated heterocycles. The molecule has 2 rings (SSSR count). The molecule has 1 heterocycles. The van der Waals surface area contributed by atoms with Gasteiger partial charge >= 0.3 is 0 Å². The quantitative estimate of drug-likeness (QED) is 0.889. The second-order valence-electron chi connectivity index (χ2n) is 4.56. The SMILES string of the molecule is CCCNC(c1ccc(F)c(F)c1)c1ccc(OC)nn1. The first kappa shape index (κ1) is 15.3. The summed E-state index contributed by atoms with van der Waals surface area (Å²) >= 11 is 0. The standard InChI is InChI=1S/C15H17F2N3O/c1-3-8-18-15(10-4-5-11(16)12(17)9-10)13-6-7-14(21-2)20-19-13/h4-7,9,15,18H,3,8H2,1-2H3. The molecule has 0 radical (unpaired) electrons. The van der Waals surface area contributed by atoms with Crippen LogP contribution in [-0.2, 0) is 0 Å². The Morgan fingerprint density at radius 2 is 1.95 bits per heavy atom. The zero-order valence-corrected chi connectivity index (χ0v) is 11.9. The Labute approximate surface area is 122 Å². The number of halogens is 2. The molecule has 0 saturated carbocycles. The van der Waals surface area contributed by atoms with Crippen molar-refractivity contribution in [2.45, 2.75) is 19.4 Å². The maximum absolute atomic E-state index is 13.4. The first-order valence-electron chi connectivity index (χ1n) is 6.71. The van der Waals surface area contributed by atoms with E-state index in [0.29, 0.717) is 17.1 Å². The highest BCUT2D eigenvalue weighted by atomic mass is 19.2. The van der Waals surface area contributed by atoms with Gasteiger partial charge in [0.05, 0.1) is 18.8 Å². The Balaban J connectivity index is 2.33. The van der Waals surface area contributed by atoms with Crippen LogP contribution in [0, 0.1) is 11.6 Å². The first-order valence-corrected chi connectivity index (χ1v) is 6.71. The van der Waals surface area contributed by atoms with Crippen LogP contribution in [-0.4, -0.2) is 23.9 Å². The fraction of sp³-hybridized carbons (Fsp3) is 0.333. The minimum Gasteiger partial charge on any atom is -0.480 e. The van der Waals surface area contributed by atoms with Crippen LogP contribution in [0.1, 0.15) is 30.6 Å². The Kier molecular flexibility index (Phi) is 5.16. The fourth-order valence-corrected chi connectivity index (χ4v) is 1.97. The number of hydrogen-bond donors (Lipinski definition) is 1. The molecule has 0 bridgehead atoms. The summed E-state index contributed by atoms with van der Waals surface area (Å²) in [7, 11) is 1.51. The summed E-state index contributed by atoms with van der Waals surface area (Å²) in [6.45, 7) is 2.74. The monoisotopic (exact) mass is 293 g/mol. The number of hydrogen-bond acceptors (Lipinski definition) is 4. The Bertz CT molecular complexity index is 590. The third-order valence-corrected chi connectivity index (χ3v) is 3.04. The van der Waals surface area contributed by atoms with Gasteiger partial charge in [-0.05, 0) is 36.7 Å². The highest BCUT2D eigenvalue weighted by molar-refractivity contribution is 5.29. The molecule has 6 heteroatoms.